The van der Waals surface area contributed by atoms with Gasteiger partial charge < -0.3 is 20.1 Å². The molecule has 8 heteroatoms. The molecular formula is C22H26N2O5S. The predicted molar refractivity (Wildman–Crippen MR) is 116 cm³/mol. The minimum Gasteiger partial charge on any atom is -0.465 e. The number of benzene rings is 1. The van der Waals surface area contributed by atoms with Gasteiger partial charge in [-0.2, -0.15) is 0 Å². The maximum absolute atomic E-state index is 12.6. The zero-order chi connectivity index (χ0) is 21.7. The third-order valence-electron chi connectivity index (χ3n) is 4.98. The highest BCUT2D eigenvalue weighted by atomic mass is 32.1. The zero-order valence-corrected chi connectivity index (χ0v) is 18.2. The molecule has 1 aliphatic rings. The minimum absolute atomic E-state index is 0.00807. The van der Waals surface area contributed by atoms with Gasteiger partial charge in [0.15, 0.2) is 0 Å². The molecule has 30 heavy (non-hydrogen) atoms. The third-order valence-corrected chi connectivity index (χ3v) is 6.15. The molecule has 0 aliphatic heterocycles. The van der Waals surface area contributed by atoms with E-state index in [1.54, 1.807) is 31.2 Å². The number of fused-ring (bicyclic) bond motifs is 1. The zero-order valence-electron chi connectivity index (χ0n) is 17.4. The van der Waals surface area contributed by atoms with Crippen molar-refractivity contribution in [3.8, 4) is 0 Å². The van der Waals surface area contributed by atoms with Crippen LogP contribution in [-0.2, 0) is 27.1 Å². The number of esters is 2. The van der Waals surface area contributed by atoms with Crippen molar-refractivity contribution in [3.63, 3.8) is 0 Å². The summed E-state index contributed by atoms with van der Waals surface area (Å²) in [5, 5.41) is 6.40. The first kappa shape index (κ1) is 21.8. The van der Waals surface area contributed by atoms with Crippen LogP contribution in [0.25, 0.3) is 0 Å². The van der Waals surface area contributed by atoms with Gasteiger partial charge in [0.05, 0.1) is 31.4 Å². The van der Waals surface area contributed by atoms with Crippen molar-refractivity contribution in [2.75, 3.05) is 30.9 Å². The lowest BCUT2D eigenvalue weighted by Gasteiger charge is -2.18. The Bertz CT molecular complexity index is 953. The van der Waals surface area contributed by atoms with Crippen LogP contribution in [0.3, 0.4) is 0 Å². The van der Waals surface area contributed by atoms with Gasteiger partial charge in [-0.1, -0.05) is 13.0 Å². The summed E-state index contributed by atoms with van der Waals surface area (Å²) in [6.07, 6.45) is 2.73. The quantitative estimate of drug-likeness (QED) is 0.648. The number of nitrogens with one attached hydrogen (secondary N) is 2. The number of rotatable bonds is 7. The fraction of sp³-hybridized carbons (Fsp3) is 0.409. The first-order valence-corrected chi connectivity index (χ1v) is 10.8. The van der Waals surface area contributed by atoms with Gasteiger partial charge in [-0.3, -0.25) is 4.79 Å². The average molecular weight is 431 g/mol. The molecule has 0 bridgehead atoms. The van der Waals surface area contributed by atoms with Crippen LogP contribution in [0.2, 0.25) is 0 Å². The lowest BCUT2D eigenvalue weighted by atomic mass is 9.88. The van der Waals surface area contributed by atoms with Gasteiger partial charge in [0.25, 0.3) is 0 Å². The highest BCUT2D eigenvalue weighted by molar-refractivity contribution is 7.17. The van der Waals surface area contributed by atoms with Gasteiger partial charge in [0.2, 0.25) is 5.91 Å². The van der Waals surface area contributed by atoms with Crippen LogP contribution < -0.4 is 10.6 Å². The number of amides is 1. The average Bonchev–Trinajstić information content (AvgIpc) is 3.08. The minimum atomic E-state index is -0.444. The van der Waals surface area contributed by atoms with Crippen LogP contribution in [0.4, 0.5) is 10.7 Å². The summed E-state index contributed by atoms with van der Waals surface area (Å²) in [6.45, 7) is 4.23. The molecule has 0 spiro atoms. The molecule has 160 valence electrons. The monoisotopic (exact) mass is 430 g/mol. The normalized spacial score (nSPS) is 15.1. The molecule has 0 saturated heterocycles. The van der Waals surface area contributed by atoms with E-state index in [9.17, 15) is 14.4 Å². The van der Waals surface area contributed by atoms with Gasteiger partial charge in [0.1, 0.15) is 5.00 Å². The lowest BCUT2D eigenvalue weighted by Crippen LogP contribution is -2.23. The summed E-state index contributed by atoms with van der Waals surface area (Å²) in [7, 11) is 1.32. The summed E-state index contributed by atoms with van der Waals surface area (Å²) in [5.41, 5.74) is 2.51. The van der Waals surface area contributed by atoms with Crippen molar-refractivity contribution in [3.05, 3.63) is 45.8 Å². The van der Waals surface area contributed by atoms with Gasteiger partial charge in [-0.15, -0.1) is 11.3 Å². The van der Waals surface area contributed by atoms with E-state index in [4.69, 9.17) is 9.47 Å². The molecule has 0 saturated carbocycles. The van der Waals surface area contributed by atoms with E-state index in [2.05, 4.69) is 17.6 Å². The molecule has 1 heterocycles. The van der Waals surface area contributed by atoms with Crippen molar-refractivity contribution in [2.45, 2.75) is 33.1 Å². The highest BCUT2D eigenvalue weighted by Crippen LogP contribution is 2.40. The Balaban J connectivity index is 1.72. The molecule has 0 radical (unpaired) electrons. The summed E-state index contributed by atoms with van der Waals surface area (Å²) in [5.74, 6) is -0.562. The number of ether oxygens (including phenoxy) is 2. The first-order valence-electron chi connectivity index (χ1n) is 9.96. The number of hydrogen-bond acceptors (Lipinski definition) is 7. The van der Waals surface area contributed by atoms with Crippen molar-refractivity contribution < 1.29 is 23.9 Å². The highest BCUT2D eigenvalue weighted by Gasteiger charge is 2.29. The van der Waals surface area contributed by atoms with E-state index in [1.807, 2.05) is 0 Å². The van der Waals surface area contributed by atoms with E-state index in [0.29, 0.717) is 27.7 Å². The molecule has 1 atom stereocenters. The molecular weight excluding hydrogens is 404 g/mol. The van der Waals surface area contributed by atoms with Crippen LogP contribution >= 0.6 is 11.3 Å². The smallest absolute Gasteiger partial charge is 0.341 e. The van der Waals surface area contributed by atoms with Crippen LogP contribution in [0, 0.1) is 5.92 Å². The fourth-order valence-electron chi connectivity index (χ4n) is 3.49. The number of carbonyl (C=O) groups excluding carboxylic acids is 3. The third kappa shape index (κ3) is 4.99. The SMILES string of the molecule is CCOC(=O)c1c(NC(=O)CNc2cccc(C(=O)OC)c2)sc2c1CCC(C)C2. The van der Waals surface area contributed by atoms with E-state index < -0.39 is 11.9 Å². The summed E-state index contributed by atoms with van der Waals surface area (Å²) in [4.78, 5) is 37.9. The Kier molecular flexibility index (Phi) is 7.10. The second kappa shape index (κ2) is 9.75. The predicted octanol–water partition coefficient (Wildman–Crippen LogP) is 3.89. The van der Waals surface area contributed by atoms with Gasteiger partial charge in [-0.25, -0.2) is 9.59 Å². The fourth-order valence-corrected chi connectivity index (χ4v) is 4.90. The summed E-state index contributed by atoms with van der Waals surface area (Å²) in [6, 6.07) is 6.73. The Labute approximate surface area is 179 Å². The first-order chi connectivity index (χ1) is 14.4. The van der Waals surface area contributed by atoms with E-state index >= 15 is 0 Å². The molecule has 0 fully saturated rings. The molecule has 1 amide bonds. The Morgan fingerprint density at radius 1 is 1.23 bits per heavy atom. The molecule has 1 aromatic carbocycles. The van der Waals surface area contributed by atoms with Crippen molar-refractivity contribution in [2.24, 2.45) is 5.92 Å². The van der Waals surface area contributed by atoms with Crippen molar-refractivity contribution in [1.82, 2.24) is 0 Å². The second-order valence-corrected chi connectivity index (χ2v) is 8.36. The van der Waals surface area contributed by atoms with Gasteiger partial charge in [-0.05, 0) is 55.9 Å². The molecule has 1 aliphatic carbocycles. The van der Waals surface area contributed by atoms with Crippen LogP contribution in [0.1, 0.15) is 51.4 Å². The summed E-state index contributed by atoms with van der Waals surface area (Å²) >= 11 is 1.46. The topological polar surface area (TPSA) is 93.7 Å². The number of thiophene rings is 1. The van der Waals surface area contributed by atoms with E-state index in [-0.39, 0.29) is 19.1 Å². The molecule has 2 aromatic rings. The van der Waals surface area contributed by atoms with Crippen LogP contribution in [0.5, 0.6) is 0 Å². The largest absolute Gasteiger partial charge is 0.465 e. The van der Waals surface area contributed by atoms with Crippen LogP contribution in [0.15, 0.2) is 24.3 Å². The van der Waals surface area contributed by atoms with E-state index in [1.165, 1.54) is 18.4 Å². The van der Waals surface area contributed by atoms with Crippen molar-refractivity contribution in [1.29, 1.82) is 0 Å². The van der Waals surface area contributed by atoms with Crippen molar-refractivity contribution >= 4 is 39.9 Å². The molecule has 1 aromatic heterocycles. The molecule has 1 unspecified atom stereocenters. The van der Waals surface area contributed by atoms with Gasteiger partial charge >= 0.3 is 11.9 Å². The molecule has 2 N–H and O–H groups in total. The number of anilines is 2. The number of methoxy groups -OCH3 is 1. The molecule has 3 rings (SSSR count). The Morgan fingerprint density at radius 3 is 2.77 bits per heavy atom. The Hall–Kier alpha value is -2.87. The van der Waals surface area contributed by atoms with Gasteiger partial charge in [0, 0.05) is 10.6 Å². The standard InChI is InChI=1S/C22H26N2O5S/c1-4-29-22(27)19-16-9-8-13(2)10-17(16)30-20(19)24-18(25)12-23-15-7-5-6-14(11-15)21(26)28-3/h5-7,11,13,23H,4,8-10,12H2,1-3H3,(H,24,25). The number of hydrogen-bond donors (Lipinski definition) is 2. The number of carbonyl (C=O) groups is 3. The molecule has 7 nitrogen and oxygen atoms in total. The maximum Gasteiger partial charge on any atom is 0.341 e. The summed E-state index contributed by atoms with van der Waals surface area (Å²) < 4.78 is 9.94. The van der Waals surface area contributed by atoms with E-state index in [0.717, 1.165) is 29.7 Å². The lowest BCUT2D eigenvalue weighted by molar-refractivity contribution is -0.114. The van der Waals surface area contributed by atoms with Crippen LogP contribution in [-0.4, -0.2) is 38.1 Å². The Morgan fingerprint density at radius 2 is 2.03 bits per heavy atom. The second-order valence-electron chi connectivity index (χ2n) is 7.25. The maximum atomic E-state index is 12.6.